The molecule has 112 valence electrons. The Morgan fingerprint density at radius 2 is 1.86 bits per heavy atom. The van der Waals surface area contributed by atoms with E-state index in [0.717, 1.165) is 29.3 Å². The average molecular weight is 350 g/mol. The second-order valence-electron chi connectivity index (χ2n) is 5.45. The first-order chi connectivity index (χ1) is 10.1. The largest absolute Gasteiger partial charge is 0.317 e. The molecule has 0 saturated heterocycles. The number of aryl methyl sites for hydroxylation is 2. The van der Waals surface area contributed by atoms with Gasteiger partial charge in [-0.15, -0.1) is 0 Å². The summed E-state index contributed by atoms with van der Waals surface area (Å²) >= 11 is 3.50. The zero-order valence-corrected chi connectivity index (χ0v) is 14.1. The molecule has 0 radical (unpaired) electrons. The molecule has 1 nitrogen and oxygen atoms in total. The molecular formula is C18H21BrFN. The molecule has 1 unspecified atom stereocenters. The Hall–Kier alpha value is -1.19. The van der Waals surface area contributed by atoms with Crippen LogP contribution < -0.4 is 5.32 Å². The Morgan fingerprint density at radius 1 is 1.14 bits per heavy atom. The summed E-state index contributed by atoms with van der Waals surface area (Å²) < 4.78 is 14.3. The molecule has 0 aliphatic heterocycles. The number of rotatable bonds is 6. The summed E-state index contributed by atoms with van der Waals surface area (Å²) in [5.74, 6) is -0.179. The molecular weight excluding hydrogens is 329 g/mol. The van der Waals surface area contributed by atoms with Crippen molar-refractivity contribution in [2.75, 3.05) is 7.05 Å². The van der Waals surface area contributed by atoms with Gasteiger partial charge in [0.1, 0.15) is 5.82 Å². The van der Waals surface area contributed by atoms with Crippen LogP contribution in [0.25, 0.3) is 0 Å². The van der Waals surface area contributed by atoms with Gasteiger partial charge in [-0.3, -0.25) is 0 Å². The molecule has 0 aliphatic carbocycles. The second kappa shape index (κ2) is 7.71. The van der Waals surface area contributed by atoms with Crippen molar-refractivity contribution in [3.63, 3.8) is 0 Å². The maximum absolute atomic E-state index is 13.3. The summed E-state index contributed by atoms with van der Waals surface area (Å²) in [4.78, 5) is 0. The van der Waals surface area contributed by atoms with E-state index in [1.807, 2.05) is 7.05 Å². The van der Waals surface area contributed by atoms with Crippen LogP contribution >= 0.6 is 15.9 Å². The highest BCUT2D eigenvalue weighted by atomic mass is 79.9. The summed E-state index contributed by atoms with van der Waals surface area (Å²) in [6.07, 6.45) is 2.88. The van der Waals surface area contributed by atoms with E-state index in [0.29, 0.717) is 6.04 Å². The summed E-state index contributed by atoms with van der Waals surface area (Å²) in [5, 5.41) is 3.34. The smallest absolute Gasteiger partial charge is 0.123 e. The van der Waals surface area contributed by atoms with Gasteiger partial charge >= 0.3 is 0 Å². The lowest BCUT2D eigenvalue weighted by atomic mass is 9.98. The van der Waals surface area contributed by atoms with Gasteiger partial charge in [0, 0.05) is 10.5 Å². The zero-order valence-electron chi connectivity index (χ0n) is 12.5. The van der Waals surface area contributed by atoms with Gasteiger partial charge in [0.15, 0.2) is 0 Å². The van der Waals surface area contributed by atoms with Crippen LogP contribution in [0.1, 0.15) is 23.1 Å². The van der Waals surface area contributed by atoms with Crippen LogP contribution in [-0.2, 0) is 12.8 Å². The Morgan fingerprint density at radius 3 is 2.52 bits per heavy atom. The number of hydrogen-bond donors (Lipinski definition) is 1. The van der Waals surface area contributed by atoms with Gasteiger partial charge in [0.25, 0.3) is 0 Å². The molecule has 0 amide bonds. The third-order valence-electron chi connectivity index (χ3n) is 3.78. The summed E-state index contributed by atoms with van der Waals surface area (Å²) in [7, 11) is 1.97. The number of nitrogens with one attached hydrogen (secondary N) is 1. The van der Waals surface area contributed by atoms with Crippen LogP contribution in [0.2, 0.25) is 0 Å². The number of likely N-dealkylation sites (N-methyl/N-ethyl adjacent to an activating group) is 1. The zero-order chi connectivity index (χ0) is 15.2. The maximum Gasteiger partial charge on any atom is 0.123 e. The molecule has 0 aliphatic rings. The Kier molecular flexibility index (Phi) is 5.95. The minimum Gasteiger partial charge on any atom is -0.317 e. The van der Waals surface area contributed by atoms with Crippen molar-refractivity contribution in [1.29, 1.82) is 0 Å². The van der Waals surface area contributed by atoms with Gasteiger partial charge in [-0.2, -0.15) is 0 Å². The summed E-state index contributed by atoms with van der Waals surface area (Å²) in [5.41, 5.74) is 3.64. The van der Waals surface area contributed by atoms with Gasteiger partial charge in [0.05, 0.1) is 0 Å². The van der Waals surface area contributed by atoms with Crippen LogP contribution in [-0.4, -0.2) is 13.1 Å². The van der Waals surface area contributed by atoms with Crippen LogP contribution in [0.15, 0.2) is 46.9 Å². The van der Waals surface area contributed by atoms with Gasteiger partial charge in [-0.05, 0) is 62.6 Å². The first-order valence-corrected chi connectivity index (χ1v) is 8.04. The van der Waals surface area contributed by atoms with Crippen molar-refractivity contribution >= 4 is 15.9 Å². The van der Waals surface area contributed by atoms with Crippen LogP contribution in [0.4, 0.5) is 4.39 Å². The maximum atomic E-state index is 13.3. The number of benzene rings is 2. The first kappa shape index (κ1) is 16.2. The van der Waals surface area contributed by atoms with E-state index in [1.54, 1.807) is 12.1 Å². The molecule has 1 atom stereocenters. The standard InChI is InChI=1S/C18H21BrFN/c1-13-3-5-14(6-4-13)7-9-17(21-2)12-15-11-16(20)8-10-18(15)19/h3-6,8,10-11,17,21H,7,9,12H2,1-2H3. The minimum atomic E-state index is -0.179. The first-order valence-electron chi connectivity index (χ1n) is 7.25. The van der Waals surface area contributed by atoms with E-state index in [9.17, 15) is 4.39 Å². The van der Waals surface area contributed by atoms with E-state index in [-0.39, 0.29) is 5.82 Å². The van der Waals surface area contributed by atoms with Crippen LogP contribution in [0.5, 0.6) is 0 Å². The SMILES string of the molecule is CNC(CCc1ccc(C)cc1)Cc1cc(F)ccc1Br. The molecule has 2 aromatic rings. The predicted octanol–water partition coefficient (Wildman–Crippen LogP) is 4.66. The van der Waals surface area contributed by atoms with Crippen molar-refractivity contribution in [3.8, 4) is 0 Å². The number of halogens is 2. The van der Waals surface area contributed by atoms with Crippen molar-refractivity contribution < 1.29 is 4.39 Å². The van der Waals surface area contributed by atoms with Gasteiger partial charge < -0.3 is 5.32 Å². The van der Waals surface area contributed by atoms with E-state index in [2.05, 4.69) is 52.4 Å². The van der Waals surface area contributed by atoms with Crippen LogP contribution in [0.3, 0.4) is 0 Å². The predicted molar refractivity (Wildman–Crippen MR) is 90.2 cm³/mol. The molecule has 21 heavy (non-hydrogen) atoms. The molecule has 0 bridgehead atoms. The van der Waals surface area contributed by atoms with E-state index < -0.39 is 0 Å². The summed E-state index contributed by atoms with van der Waals surface area (Å²) in [6, 6.07) is 13.9. The third kappa shape index (κ3) is 4.94. The minimum absolute atomic E-state index is 0.179. The van der Waals surface area contributed by atoms with Crippen molar-refractivity contribution in [2.45, 2.75) is 32.2 Å². The fourth-order valence-corrected chi connectivity index (χ4v) is 2.82. The molecule has 0 fully saturated rings. The third-order valence-corrected chi connectivity index (χ3v) is 4.56. The van der Waals surface area contributed by atoms with Gasteiger partial charge in [-0.25, -0.2) is 4.39 Å². The Balaban J connectivity index is 1.96. The molecule has 0 aromatic heterocycles. The average Bonchev–Trinajstić information content (AvgIpc) is 2.48. The second-order valence-corrected chi connectivity index (χ2v) is 6.30. The normalized spacial score (nSPS) is 12.4. The quantitative estimate of drug-likeness (QED) is 0.799. The molecule has 1 N–H and O–H groups in total. The van der Waals surface area contributed by atoms with Crippen molar-refractivity contribution in [2.24, 2.45) is 0 Å². The summed E-state index contributed by atoms with van der Waals surface area (Å²) in [6.45, 7) is 2.10. The number of hydrogen-bond acceptors (Lipinski definition) is 1. The van der Waals surface area contributed by atoms with Gasteiger partial charge in [-0.1, -0.05) is 45.8 Å². The highest BCUT2D eigenvalue weighted by Crippen LogP contribution is 2.20. The lowest BCUT2D eigenvalue weighted by molar-refractivity contribution is 0.517. The van der Waals surface area contributed by atoms with E-state index in [1.165, 1.54) is 17.2 Å². The van der Waals surface area contributed by atoms with Crippen LogP contribution in [0, 0.1) is 12.7 Å². The molecule has 0 saturated carbocycles. The molecule has 2 aromatic carbocycles. The molecule has 2 rings (SSSR count). The lowest BCUT2D eigenvalue weighted by Crippen LogP contribution is -2.28. The molecule has 0 heterocycles. The van der Waals surface area contributed by atoms with Crippen molar-refractivity contribution in [3.05, 3.63) is 69.4 Å². The molecule has 3 heteroatoms. The molecule has 0 spiro atoms. The highest BCUT2D eigenvalue weighted by Gasteiger charge is 2.11. The Labute approximate surface area is 134 Å². The van der Waals surface area contributed by atoms with E-state index in [4.69, 9.17) is 0 Å². The van der Waals surface area contributed by atoms with Crippen molar-refractivity contribution in [1.82, 2.24) is 5.32 Å². The Bertz CT molecular complexity index is 580. The van der Waals surface area contributed by atoms with Gasteiger partial charge in [0.2, 0.25) is 0 Å². The topological polar surface area (TPSA) is 12.0 Å². The van der Waals surface area contributed by atoms with E-state index >= 15 is 0 Å². The highest BCUT2D eigenvalue weighted by molar-refractivity contribution is 9.10. The lowest BCUT2D eigenvalue weighted by Gasteiger charge is -2.17. The fraction of sp³-hybridized carbons (Fsp3) is 0.333. The fourth-order valence-electron chi connectivity index (χ4n) is 2.41. The monoisotopic (exact) mass is 349 g/mol.